The van der Waals surface area contributed by atoms with Crippen molar-refractivity contribution in [3.63, 3.8) is 0 Å². The van der Waals surface area contributed by atoms with Gasteiger partial charge in [0.05, 0.1) is 27.7 Å². The van der Waals surface area contributed by atoms with Gasteiger partial charge < -0.3 is 19.6 Å². The van der Waals surface area contributed by atoms with Crippen molar-refractivity contribution in [3.8, 4) is 11.1 Å². The maximum atomic E-state index is 15.3. The lowest BCUT2D eigenvalue weighted by molar-refractivity contribution is -0.0914. The summed E-state index contributed by atoms with van der Waals surface area (Å²) in [5.74, 6) is 0.197. The number of halogens is 1. The minimum atomic E-state index is -0.912. The van der Waals surface area contributed by atoms with Gasteiger partial charge in [-0.15, -0.1) is 0 Å². The van der Waals surface area contributed by atoms with Crippen LogP contribution in [0.2, 0.25) is 0 Å². The Bertz CT molecular complexity index is 1840. The molecule has 1 aliphatic rings. The number of benzene rings is 2. The lowest BCUT2D eigenvalue weighted by Gasteiger charge is -2.30. The normalized spacial score (nSPS) is 17.6. The Kier molecular flexibility index (Phi) is 5.83. The molecule has 40 heavy (non-hydrogen) atoms. The molecule has 1 aliphatic heterocycles. The molecular weight excluding hydrogens is 513 g/mol. The fourth-order valence-electron chi connectivity index (χ4n) is 5.21. The van der Waals surface area contributed by atoms with Gasteiger partial charge in [-0.05, 0) is 65.3 Å². The van der Waals surface area contributed by atoms with Crippen molar-refractivity contribution in [2.75, 3.05) is 5.73 Å². The molecule has 0 spiro atoms. The zero-order valence-corrected chi connectivity index (χ0v) is 23.2. The summed E-state index contributed by atoms with van der Waals surface area (Å²) in [5.41, 5.74) is 7.02. The average molecular weight is 544 g/mol. The number of nitrogens with two attached hydrogens (primary N) is 1. The lowest BCUT2D eigenvalue weighted by Crippen LogP contribution is -2.41. The van der Waals surface area contributed by atoms with Crippen molar-refractivity contribution in [1.82, 2.24) is 19.7 Å². The predicted molar refractivity (Wildman–Crippen MR) is 149 cm³/mol. The maximum absolute atomic E-state index is 15.3. The number of hydrogen-bond acceptors (Lipinski definition) is 8. The number of hydrogen-bond donors (Lipinski definition) is 1. The number of nitrogens with zero attached hydrogens (tertiary/aromatic N) is 4. The molecule has 0 bridgehead atoms. The zero-order valence-electron chi connectivity index (χ0n) is 23.2. The fraction of sp³-hybridized carbons (Fsp3) is 0.333. The Hall–Kier alpha value is -4.15. The van der Waals surface area contributed by atoms with Gasteiger partial charge in [0, 0.05) is 16.5 Å². The van der Waals surface area contributed by atoms with E-state index in [1.165, 1.54) is 12.4 Å². The number of ether oxygens (including phenoxy) is 2. The highest BCUT2D eigenvalue weighted by Crippen LogP contribution is 2.46. The minimum absolute atomic E-state index is 0.255. The molecule has 1 atom stereocenters. The third-order valence-electron chi connectivity index (χ3n) is 8.10. The standard InChI is InChI=1S/C30H30FN5O4/c1-15-22-25(32)33-14-34-26(22)36(35-15)16(2)24-23(18-9-7-8-10-19(18)27(37)38-24)17-11-12-21(31)20(13-17)28-39-29(3,4)30(5,6)40-28/h7-14,16,28H,1-6H3,(H2,32,33,34). The molecule has 1 saturated heterocycles. The molecule has 0 saturated carbocycles. The van der Waals surface area contributed by atoms with Crippen LogP contribution >= 0.6 is 0 Å². The number of fused-ring (bicyclic) bond motifs is 2. The van der Waals surface area contributed by atoms with Crippen LogP contribution in [0.4, 0.5) is 10.2 Å². The monoisotopic (exact) mass is 543 g/mol. The van der Waals surface area contributed by atoms with E-state index in [1.807, 2.05) is 53.7 Å². The lowest BCUT2D eigenvalue weighted by atomic mass is 9.90. The van der Waals surface area contributed by atoms with Crippen molar-refractivity contribution in [2.24, 2.45) is 0 Å². The minimum Gasteiger partial charge on any atom is -0.424 e. The Morgan fingerprint density at radius 1 is 1.02 bits per heavy atom. The predicted octanol–water partition coefficient (Wildman–Crippen LogP) is 5.84. The zero-order chi connectivity index (χ0) is 28.6. The van der Waals surface area contributed by atoms with Crippen LogP contribution in [-0.4, -0.2) is 31.0 Å². The van der Waals surface area contributed by atoms with Crippen LogP contribution < -0.4 is 11.4 Å². The molecule has 0 aliphatic carbocycles. The molecule has 0 radical (unpaired) electrons. The average Bonchev–Trinajstić information content (AvgIpc) is 3.36. The van der Waals surface area contributed by atoms with Crippen LogP contribution in [-0.2, 0) is 9.47 Å². The van der Waals surface area contributed by atoms with Crippen molar-refractivity contribution in [2.45, 2.75) is 65.1 Å². The second kappa shape index (κ2) is 8.94. The number of nitrogen functional groups attached to an aromatic ring is 1. The third kappa shape index (κ3) is 3.89. The van der Waals surface area contributed by atoms with E-state index >= 15 is 4.39 Å². The summed E-state index contributed by atoms with van der Waals surface area (Å²) in [6.07, 6.45) is 0.459. The number of aromatic nitrogens is 4. The fourth-order valence-corrected chi connectivity index (χ4v) is 5.21. The molecule has 6 rings (SSSR count). The summed E-state index contributed by atoms with van der Waals surface area (Å²) in [7, 11) is 0. The molecule has 206 valence electrons. The van der Waals surface area contributed by atoms with Gasteiger partial charge in [0.15, 0.2) is 11.9 Å². The van der Waals surface area contributed by atoms with Crippen LogP contribution in [0.1, 0.15) is 64.0 Å². The van der Waals surface area contributed by atoms with Gasteiger partial charge in [-0.25, -0.2) is 23.8 Å². The van der Waals surface area contributed by atoms with Gasteiger partial charge in [-0.1, -0.05) is 24.3 Å². The highest BCUT2D eigenvalue weighted by atomic mass is 19.1. The molecule has 2 aromatic carbocycles. The van der Waals surface area contributed by atoms with Gasteiger partial charge in [-0.2, -0.15) is 5.10 Å². The number of rotatable bonds is 4. The summed E-state index contributed by atoms with van der Waals surface area (Å²) in [6, 6.07) is 11.3. The van der Waals surface area contributed by atoms with Crippen LogP contribution in [0, 0.1) is 12.7 Å². The molecule has 1 fully saturated rings. The first kappa shape index (κ1) is 26.1. The quantitative estimate of drug-likeness (QED) is 0.300. The third-order valence-corrected chi connectivity index (χ3v) is 8.10. The van der Waals surface area contributed by atoms with Crippen LogP contribution in [0.5, 0.6) is 0 Å². The maximum Gasteiger partial charge on any atom is 0.343 e. The molecule has 1 unspecified atom stereocenters. The van der Waals surface area contributed by atoms with E-state index < -0.39 is 35.0 Å². The number of anilines is 1. The van der Waals surface area contributed by atoms with E-state index in [9.17, 15) is 4.79 Å². The molecule has 5 aromatic rings. The Balaban J connectivity index is 1.58. The summed E-state index contributed by atoms with van der Waals surface area (Å²) in [4.78, 5) is 21.7. The number of aryl methyl sites for hydroxylation is 1. The Morgan fingerprint density at radius 3 is 2.40 bits per heavy atom. The molecular formula is C30H30FN5O4. The van der Waals surface area contributed by atoms with Crippen molar-refractivity contribution in [3.05, 3.63) is 82.0 Å². The van der Waals surface area contributed by atoms with Gasteiger partial charge in [0.1, 0.15) is 29.8 Å². The summed E-state index contributed by atoms with van der Waals surface area (Å²) >= 11 is 0. The first-order valence-electron chi connectivity index (χ1n) is 13.1. The van der Waals surface area contributed by atoms with Crippen LogP contribution in [0.25, 0.3) is 32.9 Å². The van der Waals surface area contributed by atoms with Gasteiger partial charge in [0.25, 0.3) is 0 Å². The van der Waals surface area contributed by atoms with Crippen LogP contribution in [0.3, 0.4) is 0 Å². The topological polar surface area (TPSA) is 118 Å². The summed E-state index contributed by atoms with van der Waals surface area (Å²) in [6.45, 7) is 11.3. The molecule has 9 nitrogen and oxygen atoms in total. The summed E-state index contributed by atoms with van der Waals surface area (Å²) < 4.78 is 35.3. The van der Waals surface area contributed by atoms with Gasteiger partial charge in [0.2, 0.25) is 0 Å². The van der Waals surface area contributed by atoms with E-state index in [0.717, 1.165) is 0 Å². The van der Waals surface area contributed by atoms with Crippen molar-refractivity contribution >= 4 is 27.6 Å². The van der Waals surface area contributed by atoms with Crippen molar-refractivity contribution in [1.29, 1.82) is 0 Å². The second-order valence-corrected chi connectivity index (χ2v) is 11.2. The highest BCUT2D eigenvalue weighted by molar-refractivity contribution is 5.97. The summed E-state index contributed by atoms with van der Waals surface area (Å²) in [5, 5.41) is 6.37. The first-order valence-corrected chi connectivity index (χ1v) is 13.1. The molecule has 4 heterocycles. The van der Waals surface area contributed by atoms with Crippen molar-refractivity contribution < 1.29 is 18.3 Å². The highest BCUT2D eigenvalue weighted by Gasteiger charge is 2.50. The van der Waals surface area contributed by atoms with Crippen LogP contribution in [0.15, 0.2) is 58.0 Å². The molecule has 2 N–H and O–H groups in total. The SMILES string of the molecule is Cc1nn(C(C)c2oc(=O)c3ccccc3c2-c2ccc(F)c(C3OC(C)(C)C(C)(C)O3)c2)c2ncnc(N)c12. The molecule has 10 heteroatoms. The first-order chi connectivity index (χ1) is 18.9. The Morgan fingerprint density at radius 2 is 1.70 bits per heavy atom. The smallest absolute Gasteiger partial charge is 0.343 e. The van der Waals surface area contributed by atoms with E-state index in [2.05, 4.69) is 15.1 Å². The van der Waals surface area contributed by atoms with E-state index in [1.54, 1.807) is 28.9 Å². The molecule has 3 aromatic heterocycles. The second-order valence-electron chi connectivity index (χ2n) is 11.2. The molecule has 0 amide bonds. The van der Waals surface area contributed by atoms with Gasteiger partial charge >= 0.3 is 5.63 Å². The largest absolute Gasteiger partial charge is 0.424 e. The van der Waals surface area contributed by atoms with E-state index in [4.69, 9.17) is 19.6 Å². The van der Waals surface area contributed by atoms with Gasteiger partial charge in [-0.3, -0.25) is 0 Å². The van der Waals surface area contributed by atoms with E-state index in [0.29, 0.717) is 50.2 Å². The van der Waals surface area contributed by atoms with E-state index in [-0.39, 0.29) is 5.56 Å². The Labute approximate surface area is 229 Å².